The van der Waals surface area contributed by atoms with Gasteiger partial charge < -0.3 is 10.8 Å². The summed E-state index contributed by atoms with van der Waals surface area (Å²) in [4.78, 5) is 4.10. The van der Waals surface area contributed by atoms with Crippen LogP contribution in [0, 0.1) is 11.3 Å². The number of hydrogen-bond acceptors (Lipinski definition) is 3. The molecular weight excluding hydrogens is 236 g/mol. The van der Waals surface area contributed by atoms with Crippen molar-refractivity contribution in [2.24, 2.45) is 11.3 Å². The smallest absolute Gasteiger partial charge is 0.129 e. The first-order chi connectivity index (χ1) is 8.89. The summed E-state index contributed by atoms with van der Waals surface area (Å²) in [6, 6.07) is 3.76. The molecule has 0 saturated heterocycles. The fourth-order valence-corrected chi connectivity index (χ4v) is 3.25. The molecule has 1 heterocycles. The van der Waals surface area contributed by atoms with Gasteiger partial charge in [0.2, 0.25) is 0 Å². The number of pyridine rings is 1. The molecule has 3 heteroatoms. The van der Waals surface area contributed by atoms with E-state index in [4.69, 9.17) is 5.73 Å². The van der Waals surface area contributed by atoms with Crippen molar-refractivity contribution in [1.29, 1.82) is 0 Å². The Hall–Kier alpha value is -1.09. The minimum absolute atomic E-state index is 0.363. The minimum atomic E-state index is -0.779. The highest BCUT2D eigenvalue weighted by molar-refractivity contribution is 5.43. The van der Waals surface area contributed by atoms with Gasteiger partial charge in [0.05, 0.1) is 5.60 Å². The highest BCUT2D eigenvalue weighted by Crippen LogP contribution is 2.47. The SMILES string of the molecule is CCC(C)(C)C1CCC(O)(c2cccnc2N)CC1. The molecule has 0 bridgehead atoms. The fraction of sp³-hybridized carbons (Fsp3) is 0.688. The molecule has 3 N–H and O–H groups in total. The summed E-state index contributed by atoms with van der Waals surface area (Å²) in [5, 5.41) is 10.9. The molecule has 0 aliphatic heterocycles. The topological polar surface area (TPSA) is 59.1 Å². The lowest BCUT2D eigenvalue weighted by Gasteiger charge is -2.42. The summed E-state index contributed by atoms with van der Waals surface area (Å²) < 4.78 is 0. The molecule has 3 nitrogen and oxygen atoms in total. The van der Waals surface area contributed by atoms with Crippen molar-refractivity contribution >= 4 is 5.82 Å². The van der Waals surface area contributed by atoms with Gasteiger partial charge in [0.25, 0.3) is 0 Å². The summed E-state index contributed by atoms with van der Waals surface area (Å²) in [5.41, 5.74) is 6.30. The normalized spacial score (nSPS) is 28.3. The maximum Gasteiger partial charge on any atom is 0.129 e. The predicted molar refractivity (Wildman–Crippen MR) is 78.6 cm³/mol. The predicted octanol–water partition coefficient (Wildman–Crippen LogP) is 3.48. The Kier molecular flexibility index (Phi) is 3.86. The summed E-state index contributed by atoms with van der Waals surface area (Å²) in [7, 11) is 0. The van der Waals surface area contributed by atoms with Crippen LogP contribution in [0.5, 0.6) is 0 Å². The van der Waals surface area contributed by atoms with Crippen LogP contribution in [0.15, 0.2) is 18.3 Å². The van der Waals surface area contributed by atoms with Crippen LogP contribution < -0.4 is 5.73 Å². The van der Waals surface area contributed by atoms with Gasteiger partial charge in [-0.15, -0.1) is 0 Å². The first-order valence-corrected chi connectivity index (χ1v) is 7.32. The average Bonchev–Trinajstić information content (AvgIpc) is 2.39. The molecular formula is C16H26N2O. The molecule has 106 valence electrons. The van der Waals surface area contributed by atoms with Gasteiger partial charge in [-0.1, -0.05) is 33.3 Å². The van der Waals surface area contributed by atoms with Crippen LogP contribution in [-0.2, 0) is 5.60 Å². The van der Waals surface area contributed by atoms with Crippen LogP contribution >= 0.6 is 0 Å². The molecule has 1 aliphatic rings. The van der Waals surface area contributed by atoms with Crippen LogP contribution in [0.4, 0.5) is 5.82 Å². The molecule has 1 saturated carbocycles. The number of nitrogens with two attached hydrogens (primary N) is 1. The Labute approximate surface area is 116 Å². The number of aromatic nitrogens is 1. The molecule has 0 unspecified atom stereocenters. The maximum atomic E-state index is 10.9. The van der Waals surface area contributed by atoms with Gasteiger partial charge in [-0.25, -0.2) is 4.98 Å². The Morgan fingerprint density at radius 2 is 2.05 bits per heavy atom. The molecule has 2 rings (SSSR count). The van der Waals surface area contributed by atoms with E-state index in [1.807, 2.05) is 12.1 Å². The molecule has 1 aromatic rings. The number of nitrogens with zero attached hydrogens (tertiary/aromatic N) is 1. The van der Waals surface area contributed by atoms with Crippen LogP contribution in [0.1, 0.15) is 58.4 Å². The lowest BCUT2D eigenvalue weighted by atomic mass is 9.65. The second-order valence-electron chi connectivity index (χ2n) is 6.58. The zero-order valence-electron chi connectivity index (χ0n) is 12.3. The Morgan fingerprint density at radius 3 is 2.58 bits per heavy atom. The molecule has 19 heavy (non-hydrogen) atoms. The van der Waals surface area contributed by atoms with Gasteiger partial charge >= 0.3 is 0 Å². The van der Waals surface area contributed by atoms with Gasteiger partial charge in [-0.3, -0.25) is 0 Å². The van der Waals surface area contributed by atoms with Crippen molar-refractivity contribution in [3.05, 3.63) is 23.9 Å². The average molecular weight is 262 g/mol. The monoisotopic (exact) mass is 262 g/mol. The number of hydrogen-bond donors (Lipinski definition) is 2. The molecule has 0 radical (unpaired) electrons. The van der Waals surface area contributed by atoms with E-state index in [-0.39, 0.29) is 0 Å². The van der Waals surface area contributed by atoms with Gasteiger partial charge in [0.15, 0.2) is 0 Å². The fourth-order valence-electron chi connectivity index (χ4n) is 3.25. The molecule has 0 amide bonds. The van der Waals surface area contributed by atoms with E-state index in [0.29, 0.717) is 17.2 Å². The van der Waals surface area contributed by atoms with E-state index in [2.05, 4.69) is 25.8 Å². The Morgan fingerprint density at radius 1 is 1.42 bits per heavy atom. The molecule has 1 fully saturated rings. The van der Waals surface area contributed by atoms with Crippen molar-refractivity contribution < 1.29 is 5.11 Å². The van der Waals surface area contributed by atoms with Crippen molar-refractivity contribution in [1.82, 2.24) is 4.98 Å². The first-order valence-electron chi connectivity index (χ1n) is 7.32. The van der Waals surface area contributed by atoms with Gasteiger partial charge in [0, 0.05) is 11.8 Å². The second kappa shape index (κ2) is 5.12. The third kappa shape index (κ3) is 2.76. The zero-order chi connectivity index (χ0) is 14.1. The van der Waals surface area contributed by atoms with E-state index in [1.165, 1.54) is 6.42 Å². The second-order valence-corrected chi connectivity index (χ2v) is 6.58. The van der Waals surface area contributed by atoms with Gasteiger partial charge in [-0.05, 0) is 43.1 Å². The molecule has 0 spiro atoms. The summed E-state index contributed by atoms with van der Waals surface area (Å²) in [6.07, 6.45) is 6.56. The van der Waals surface area contributed by atoms with Crippen molar-refractivity contribution in [3.8, 4) is 0 Å². The minimum Gasteiger partial charge on any atom is -0.385 e. The zero-order valence-corrected chi connectivity index (χ0v) is 12.3. The van der Waals surface area contributed by atoms with Crippen molar-refractivity contribution in [2.75, 3.05) is 5.73 Å². The maximum absolute atomic E-state index is 10.9. The highest BCUT2D eigenvalue weighted by Gasteiger charge is 2.40. The number of aliphatic hydroxyl groups is 1. The van der Waals surface area contributed by atoms with E-state index in [9.17, 15) is 5.11 Å². The van der Waals surface area contributed by atoms with Crippen LogP contribution in [0.2, 0.25) is 0 Å². The van der Waals surface area contributed by atoms with Crippen molar-refractivity contribution in [3.63, 3.8) is 0 Å². The van der Waals surface area contributed by atoms with E-state index >= 15 is 0 Å². The molecule has 0 atom stereocenters. The Bertz CT molecular complexity index is 434. The van der Waals surface area contributed by atoms with E-state index in [1.54, 1.807) is 6.20 Å². The lowest BCUT2D eigenvalue weighted by Crippen LogP contribution is -2.36. The summed E-state index contributed by atoms with van der Waals surface area (Å²) in [5.74, 6) is 1.16. The quantitative estimate of drug-likeness (QED) is 0.876. The van der Waals surface area contributed by atoms with Gasteiger partial charge in [0.1, 0.15) is 5.82 Å². The Balaban J connectivity index is 2.13. The molecule has 1 aromatic heterocycles. The first kappa shape index (κ1) is 14.3. The summed E-state index contributed by atoms with van der Waals surface area (Å²) >= 11 is 0. The number of anilines is 1. The number of rotatable bonds is 3. The summed E-state index contributed by atoms with van der Waals surface area (Å²) in [6.45, 7) is 6.92. The standard InChI is InChI=1S/C16H26N2O/c1-4-15(2,3)12-7-9-16(19,10-8-12)13-6-5-11-18-14(13)17/h5-6,11-12,19H,4,7-10H2,1-3H3,(H2,17,18). The van der Waals surface area contributed by atoms with E-state index < -0.39 is 5.60 Å². The molecule has 0 aromatic carbocycles. The van der Waals surface area contributed by atoms with Crippen LogP contribution in [-0.4, -0.2) is 10.1 Å². The number of nitrogen functional groups attached to an aromatic ring is 1. The largest absolute Gasteiger partial charge is 0.385 e. The van der Waals surface area contributed by atoms with Gasteiger partial charge in [-0.2, -0.15) is 0 Å². The lowest BCUT2D eigenvalue weighted by molar-refractivity contribution is -0.0324. The third-order valence-electron chi connectivity index (χ3n) is 5.17. The van der Waals surface area contributed by atoms with Crippen LogP contribution in [0.25, 0.3) is 0 Å². The third-order valence-corrected chi connectivity index (χ3v) is 5.17. The highest BCUT2D eigenvalue weighted by atomic mass is 16.3. The van der Waals surface area contributed by atoms with Crippen LogP contribution in [0.3, 0.4) is 0 Å². The molecule has 1 aliphatic carbocycles. The van der Waals surface area contributed by atoms with E-state index in [0.717, 1.165) is 31.2 Å². The van der Waals surface area contributed by atoms with Crippen molar-refractivity contribution in [2.45, 2.75) is 58.5 Å².